The fourth-order valence-electron chi connectivity index (χ4n) is 1.77. The SMILES string of the molecule is Cc1cc(F)c(C(C)NCc2csc(=O)[nH]2)cc1F. The summed E-state index contributed by atoms with van der Waals surface area (Å²) in [6.07, 6.45) is 0. The average Bonchev–Trinajstić information content (AvgIpc) is 2.77. The molecule has 1 unspecified atom stereocenters. The molecule has 0 aliphatic rings. The molecule has 0 radical (unpaired) electrons. The highest BCUT2D eigenvalue weighted by molar-refractivity contribution is 7.07. The van der Waals surface area contributed by atoms with Gasteiger partial charge in [0.2, 0.25) is 0 Å². The van der Waals surface area contributed by atoms with Crippen molar-refractivity contribution >= 4 is 11.3 Å². The van der Waals surface area contributed by atoms with E-state index in [4.69, 9.17) is 0 Å². The summed E-state index contributed by atoms with van der Waals surface area (Å²) in [7, 11) is 0. The van der Waals surface area contributed by atoms with Crippen LogP contribution >= 0.6 is 11.3 Å². The Kier molecular flexibility index (Phi) is 4.11. The largest absolute Gasteiger partial charge is 0.315 e. The van der Waals surface area contributed by atoms with Gasteiger partial charge in [0, 0.05) is 29.2 Å². The molecule has 1 heterocycles. The quantitative estimate of drug-likeness (QED) is 0.906. The molecule has 0 saturated carbocycles. The number of aromatic nitrogens is 1. The number of aryl methyl sites for hydroxylation is 1. The monoisotopic (exact) mass is 284 g/mol. The number of nitrogens with one attached hydrogen (secondary N) is 2. The molecule has 2 aromatic rings. The summed E-state index contributed by atoms with van der Waals surface area (Å²) >= 11 is 1.07. The summed E-state index contributed by atoms with van der Waals surface area (Å²) in [6.45, 7) is 3.67. The van der Waals surface area contributed by atoms with Crippen LogP contribution < -0.4 is 10.2 Å². The van der Waals surface area contributed by atoms with Crippen LogP contribution in [0.2, 0.25) is 0 Å². The Bertz CT molecular complexity index is 636. The molecule has 0 aliphatic heterocycles. The first-order chi connectivity index (χ1) is 8.97. The van der Waals surface area contributed by atoms with Crippen molar-refractivity contribution in [3.05, 3.63) is 55.6 Å². The standard InChI is InChI=1S/C13H14F2N2OS/c1-7-3-12(15)10(4-11(7)14)8(2)16-5-9-6-19-13(18)17-9/h3-4,6,8,16H,5H2,1-2H3,(H,17,18). The third-order valence-corrected chi connectivity index (χ3v) is 3.63. The van der Waals surface area contributed by atoms with Gasteiger partial charge in [-0.1, -0.05) is 11.3 Å². The first kappa shape index (κ1) is 13.9. The van der Waals surface area contributed by atoms with Crippen molar-refractivity contribution in [1.82, 2.24) is 10.3 Å². The Hall–Kier alpha value is -1.53. The summed E-state index contributed by atoms with van der Waals surface area (Å²) < 4.78 is 27.2. The summed E-state index contributed by atoms with van der Waals surface area (Å²) in [6, 6.07) is 2.05. The summed E-state index contributed by atoms with van der Waals surface area (Å²) in [5.74, 6) is -0.855. The van der Waals surface area contributed by atoms with Gasteiger partial charge in [-0.05, 0) is 31.5 Å². The highest BCUT2D eigenvalue weighted by Crippen LogP contribution is 2.20. The molecular weight excluding hydrogens is 270 g/mol. The molecule has 102 valence electrons. The van der Waals surface area contributed by atoms with Crippen LogP contribution in [0.5, 0.6) is 0 Å². The second-order valence-corrected chi connectivity index (χ2v) is 5.24. The zero-order valence-corrected chi connectivity index (χ0v) is 11.4. The van der Waals surface area contributed by atoms with Gasteiger partial charge in [0.1, 0.15) is 11.6 Å². The number of aromatic amines is 1. The van der Waals surface area contributed by atoms with E-state index >= 15 is 0 Å². The maximum atomic E-state index is 13.7. The van der Waals surface area contributed by atoms with Gasteiger partial charge in [-0.25, -0.2) is 8.78 Å². The number of thiazole rings is 1. The molecule has 0 bridgehead atoms. The fourth-order valence-corrected chi connectivity index (χ4v) is 2.35. The van der Waals surface area contributed by atoms with Crippen LogP contribution in [-0.2, 0) is 6.54 Å². The van der Waals surface area contributed by atoms with E-state index in [9.17, 15) is 13.6 Å². The number of hydrogen-bond donors (Lipinski definition) is 2. The van der Waals surface area contributed by atoms with Gasteiger partial charge in [0.05, 0.1) is 0 Å². The van der Waals surface area contributed by atoms with Crippen LogP contribution in [0.4, 0.5) is 8.78 Å². The van der Waals surface area contributed by atoms with Crippen molar-refractivity contribution in [1.29, 1.82) is 0 Å². The van der Waals surface area contributed by atoms with Gasteiger partial charge in [0.15, 0.2) is 0 Å². The first-order valence-corrected chi connectivity index (χ1v) is 6.71. The van der Waals surface area contributed by atoms with Gasteiger partial charge >= 0.3 is 4.87 Å². The lowest BCUT2D eigenvalue weighted by Crippen LogP contribution is -2.20. The van der Waals surface area contributed by atoms with E-state index in [1.807, 2.05) is 0 Å². The van der Waals surface area contributed by atoms with Crippen LogP contribution in [0.15, 0.2) is 22.3 Å². The number of halogens is 2. The van der Waals surface area contributed by atoms with Crippen molar-refractivity contribution < 1.29 is 8.78 Å². The first-order valence-electron chi connectivity index (χ1n) is 5.83. The smallest absolute Gasteiger partial charge is 0.304 e. The lowest BCUT2D eigenvalue weighted by Gasteiger charge is -2.15. The van der Waals surface area contributed by atoms with E-state index in [1.165, 1.54) is 19.1 Å². The molecule has 3 nitrogen and oxygen atoms in total. The second kappa shape index (κ2) is 5.63. The van der Waals surface area contributed by atoms with E-state index in [0.717, 1.165) is 17.0 Å². The van der Waals surface area contributed by atoms with E-state index in [1.54, 1.807) is 12.3 Å². The van der Waals surface area contributed by atoms with Crippen molar-refractivity contribution in [2.24, 2.45) is 0 Å². The highest BCUT2D eigenvalue weighted by Gasteiger charge is 2.13. The van der Waals surface area contributed by atoms with Gasteiger partial charge < -0.3 is 10.3 Å². The van der Waals surface area contributed by atoms with Crippen molar-refractivity contribution in [2.45, 2.75) is 26.4 Å². The predicted molar refractivity (Wildman–Crippen MR) is 71.3 cm³/mol. The molecule has 1 aromatic heterocycles. The molecule has 2 N–H and O–H groups in total. The Balaban J connectivity index is 2.09. The molecule has 2 rings (SSSR count). The van der Waals surface area contributed by atoms with E-state index in [-0.39, 0.29) is 22.0 Å². The Labute approximate surface area is 113 Å². The van der Waals surface area contributed by atoms with Crippen molar-refractivity contribution in [3.8, 4) is 0 Å². The molecule has 0 spiro atoms. The third-order valence-electron chi connectivity index (χ3n) is 2.91. The maximum absolute atomic E-state index is 13.7. The Morgan fingerprint density at radius 1 is 1.37 bits per heavy atom. The van der Waals surface area contributed by atoms with Gasteiger partial charge in [-0.2, -0.15) is 0 Å². The minimum Gasteiger partial charge on any atom is -0.315 e. The minimum absolute atomic E-state index is 0.128. The van der Waals surface area contributed by atoms with Crippen LogP contribution in [-0.4, -0.2) is 4.98 Å². The summed E-state index contributed by atoms with van der Waals surface area (Å²) in [5.41, 5.74) is 1.30. The molecule has 1 atom stereocenters. The number of benzene rings is 1. The molecular formula is C13H14F2N2OS. The molecule has 19 heavy (non-hydrogen) atoms. The van der Waals surface area contributed by atoms with E-state index in [2.05, 4.69) is 10.3 Å². The zero-order valence-electron chi connectivity index (χ0n) is 10.6. The molecule has 0 fully saturated rings. The topological polar surface area (TPSA) is 44.9 Å². The molecule has 0 aliphatic carbocycles. The lowest BCUT2D eigenvalue weighted by atomic mass is 10.0. The number of H-pyrrole nitrogens is 1. The number of hydrogen-bond acceptors (Lipinski definition) is 3. The molecule has 0 saturated heterocycles. The average molecular weight is 284 g/mol. The predicted octanol–water partition coefficient (Wildman–Crippen LogP) is 2.87. The van der Waals surface area contributed by atoms with Crippen molar-refractivity contribution in [3.63, 3.8) is 0 Å². The van der Waals surface area contributed by atoms with Crippen LogP contribution in [0.3, 0.4) is 0 Å². The lowest BCUT2D eigenvalue weighted by molar-refractivity contribution is 0.514. The Morgan fingerprint density at radius 2 is 2.11 bits per heavy atom. The van der Waals surface area contributed by atoms with Crippen LogP contribution in [0.25, 0.3) is 0 Å². The molecule has 1 aromatic carbocycles. The fraction of sp³-hybridized carbons (Fsp3) is 0.308. The van der Waals surface area contributed by atoms with Crippen LogP contribution in [0.1, 0.15) is 29.8 Å². The minimum atomic E-state index is -0.433. The van der Waals surface area contributed by atoms with Gasteiger partial charge in [-0.15, -0.1) is 0 Å². The zero-order chi connectivity index (χ0) is 14.0. The van der Waals surface area contributed by atoms with E-state index in [0.29, 0.717) is 6.54 Å². The molecule has 6 heteroatoms. The second-order valence-electron chi connectivity index (χ2n) is 4.40. The maximum Gasteiger partial charge on any atom is 0.304 e. The van der Waals surface area contributed by atoms with E-state index < -0.39 is 11.6 Å². The number of rotatable bonds is 4. The Morgan fingerprint density at radius 3 is 2.74 bits per heavy atom. The summed E-state index contributed by atoms with van der Waals surface area (Å²) in [4.78, 5) is 13.5. The van der Waals surface area contributed by atoms with Crippen LogP contribution in [0, 0.1) is 18.6 Å². The normalized spacial score (nSPS) is 12.6. The highest BCUT2D eigenvalue weighted by atomic mass is 32.1. The third kappa shape index (κ3) is 3.27. The summed E-state index contributed by atoms with van der Waals surface area (Å²) in [5, 5.41) is 4.75. The van der Waals surface area contributed by atoms with Gasteiger partial charge in [-0.3, -0.25) is 4.79 Å². The van der Waals surface area contributed by atoms with Gasteiger partial charge in [0.25, 0.3) is 0 Å². The van der Waals surface area contributed by atoms with Crippen molar-refractivity contribution in [2.75, 3.05) is 0 Å². The molecule has 0 amide bonds.